The number of amides is 1. The average Bonchev–Trinajstić information content (AvgIpc) is 2.62. The van der Waals surface area contributed by atoms with Crippen molar-refractivity contribution in [3.8, 4) is 17.2 Å². The zero-order valence-electron chi connectivity index (χ0n) is 14.4. The van der Waals surface area contributed by atoms with Crippen molar-refractivity contribution < 1.29 is 19.0 Å². The van der Waals surface area contributed by atoms with Crippen molar-refractivity contribution in [2.24, 2.45) is 0 Å². The predicted octanol–water partition coefficient (Wildman–Crippen LogP) is 4.51. The van der Waals surface area contributed by atoms with E-state index in [1.165, 1.54) is 13.2 Å². The summed E-state index contributed by atoms with van der Waals surface area (Å²) in [6.45, 7) is 1.86. The number of hydrogen-bond donors (Lipinski definition) is 1. The van der Waals surface area contributed by atoms with Crippen LogP contribution < -0.4 is 19.5 Å². The molecule has 0 spiro atoms. The highest BCUT2D eigenvalue weighted by Gasteiger charge is 2.18. The Labute approximate surface area is 156 Å². The van der Waals surface area contributed by atoms with Gasteiger partial charge in [0.25, 0.3) is 5.91 Å². The molecule has 2 aromatic carbocycles. The Balaban J connectivity index is 2.26. The Hall–Kier alpha value is -2.11. The van der Waals surface area contributed by atoms with Crippen LogP contribution in [0.2, 0.25) is 10.0 Å². The Bertz CT molecular complexity index is 755. The molecule has 1 amide bonds. The van der Waals surface area contributed by atoms with Crippen LogP contribution >= 0.6 is 23.2 Å². The summed E-state index contributed by atoms with van der Waals surface area (Å²) in [7, 11) is 4.62. The van der Waals surface area contributed by atoms with Gasteiger partial charge in [0.15, 0.2) is 11.5 Å². The number of nitrogens with one attached hydrogen (secondary N) is 1. The monoisotopic (exact) mass is 383 g/mol. The minimum absolute atomic E-state index is 0.264. The van der Waals surface area contributed by atoms with Crippen LogP contribution in [-0.2, 0) is 0 Å². The Morgan fingerprint density at radius 1 is 0.960 bits per heavy atom. The van der Waals surface area contributed by atoms with Crippen LogP contribution in [0.5, 0.6) is 17.2 Å². The van der Waals surface area contributed by atoms with E-state index >= 15 is 0 Å². The molecule has 0 radical (unpaired) electrons. The van der Waals surface area contributed by atoms with Crippen molar-refractivity contribution in [1.29, 1.82) is 0 Å². The van der Waals surface area contributed by atoms with E-state index in [0.717, 1.165) is 5.56 Å². The molecule has 0 saturated carbocycles. The maximum Gasteiger partial charge on any atom is 0.251 e. The van der Waals surface area contributed by atoms with Gasteiger partial charge in [-0.1, -0.05) is 23.2 Å². The van der Waals surface area contributed by atoms with E-state index in [9.17, 15) is 4.79 Å². The number of methoxy groups -OCH3 is 3. The summed E-state index contributed by atoms with van der Waals surface area (Å²) in [5.74, 6) is 1.27. The topological polar surface area (TPSA) is 56.8 Å². The lowest BCUT2D eigenvalue weighted by atomic mass is 10.1. The van der Waals surface area contributed by atoms with Gasteiger partial charge in [-0.2, -0.15) is 0 Å². The first kappa shape index (κ1) is 19.2. The van der Waals surface area contributed by atoms with Crippen molar-refractivity contribution in [1.82, 2.24) is 5.32 Å². The molecule has 1 N–H and O–H groups in total. The minimum Gasteiger partial charge on any atom is -0.493 e. The first-order valence-electron chi connectivity index (χ1n) is 7.47. The van der Waals surface area contributed by atoms with Gasteiger partial charge in [0.05, 0.1) is 37.4 Å². The van der Waals surface area contributed by atoms with Gasteiger partial charge < -0.3 is 19.5 Å². The molecule has 0 aliphatic carbocycles. The van der Waals surface area contributed by atoms with Gasteiger partial charge in [-0.25, -0.2) is 0 Å². The van der Waals surface area contributed by atoms with Gasteiger partial charge in [-0.05, 0) is 42.8 Å². The third kappa shape index (κ3) is 4.30. The number of benzene rings is 2. The third-order valence-corrected chi connectivity index (χ3v) is 4.46. The lowest BCUT2D eigenvalue weighted by Gasteiger charge is -2.19. The number of rotatable bonds is 6. The van der Waals surface area contributed by atoms with E-state index in [1.54, 1.807) is 38.5 Å². The van der Waals surface area contributed by atoms with Gasteiger partial charge in [-0.15, -0.1) is 0 Å². The summed E-state index contributed by atoms with van der Waals surface area (Å²) in [6, 6.07) is 8.02. The van der Waals surface area contributed by atoms with Gasteiger partial charge in [0.2, 0.25) is 5.75 Å². The summed E-state index contributed by atoms with van der Waals surface area (Å²) in [6.07, 6.45) is 0. The smallest absolute Gasteiger partial charge is 0.251 e. The maximum absolute atomic E-state index is 12.4. The quantitative estimate of drug-likeness (QED) is 0.796. The molecular formula is C18H19Cl2NO4. The molecule has 0 aliphatic rings. The molecule has 0 saturated heterocycles. The normalized spacial score (nSPS) is 11.6. The molecule has 134 valence electrons. The number of hydrogen-bond acceptors (Lipinski definition) is 4. The maximum atomic E-state index is 12.4. The molecule has 0 bridgehead atoms. The van der Waals surface area contributed by atoms with Gasteiger partial charge >= 0.3 is 0 Å². The second-order valence-corrected chi connectivity index (χ2v) is 6.10. The molecule has 0 aliphatic heterocycles. The summed E-state index contributed by atoms with van der Waals surface area (Å²) < 4.78 is 16.0. The number of ether oxygens (including phenoxy) is 3. The standard InChI is InChI=1S/C18H19Cl2NO4/c1-10(21-18(22)11-5-6-13(19)14(20)7-11)12-8-15(23-2)17(25-4)16(9-12)24-3/h5-10H,1-4H3,(H,21,22). The second-order valence-electron chi connectivity index (χ2n) is 5.28. The van der Waals surface area contributed by atoms with E-state index in [2.05, 4.69) is 5.32 Å². The fourth-order valence-electron chi connectivity index (χ4n) is 2.35. The fourth-order valence-corrected chi connectivity index (χ4v) is 2.65. The van der Waals surface area contributed by atoms with Crippen LogP contribution in [0, 0.1) is 0 Å². The molecule has 0 heterocycles. The van der Waals surface area contributed by atoms with E-state index in [-0.39, 0.29) is 11.9 Å². The highest BCUT2D eigenvalue weighted by molar-refractivity contribution is 6.42. The van der Waals surface area contributed by atoms with Crippen molar-refractivity contribution in [2.75, 3.05) is 21.3 Å². The molecule has 2 aromatic rings. The third-order valence-electron chi connectivity index (χ3n) is 3.72. The Morgan fingerprint density at radius 3 is 2.04 bits per heavy atom. The van der Waals surface area contributed by atoms with E-state index in [1.807, 2.05) is 6.92 Å². The van der Waals surface area contributed by atoms with Crippen molar-refractivity contribution in [3.05, 3.63) is 51.5 Å². The fraction of sp³-hybridized carbons (Fsp3) is 0.278. The van der Waals surface area contributed by atoms with Crippen LogP contribution in [0.1, 0.15) is 28.9 Å². The predicted molar refractivity (Wildman–Crippen MR) is 98.4 cm³/mol. The minimum atomic E-state index is -0.296. The highest BCUT2D eigenvalue weighted by Crippen LogP contribution is 2.39. The molecule has 25 heavy (non-hydrogen) atoms. The summed E-state index contributed by atoms with van der Waals surface area (Å²) in [4.78, 5) is 12.4. The zero-order valence-corrected chi connectivity index (χ0v) is 15.9. The lowest BCUT2D eigenvalue weighted by molar-refractivity contribution is 0.0939. The van der Waals surface area contributed by atoms with Crippen molar-refractivity contribution in [2.45, 2.75) is 13.0 Å². The Kier molecular flexibility index (Phi) is 6.39. The van der Waals surface area contributed by atoms with Crippen LogP contribution in [0.4, 0.5) is 0 Å². The molecule has 0 aromatic heterocycles. The molecule has 5 nitrogen and oxygen atoms in total. The summed E-state index contributed by atoms with van der Waals surface area (Å²) in [5.41, 5.74) is 1.23. The number of halogens is 2. The lowest BCUT2D eigenvalue weighted by Crippen LogP contribution is -2.26. The van der Waals surface area contributed by atoms with Crippen molar-refractivity contribution in [3.63, 3.8) is 0 Å². The van der Waals surface area contributed by atoms with Gasteiger partial charge in [-0.3, -0.25) is 4.79 Å². The molecule has 7 heteroatoms. The number of carbonyl (C=O) groups is 1. The Morgan fingerprint density at radius 2 is 1.56 bits per heavy atom. The first-order chi connectivity index (χ1) is 11.9. The second kappa shape index (κ2) is 8.32. The molecular weight excluding hydrogens is 365 g/mol. The average molecular weight is 384 g/mol. The van der Waals surface area contributed by atoms with Crippen LogP contribution in [-0.4, -0.2) is 27.2 Å². The first-order valence-corrected chi connectivity index (χ1v) is 8.22. The number of carbonyl (C=O) groups excluding carboxylic acids is 1. The van der Waals surface area contributed by atoms with Crippen LogP contribution in [0.15, 0.2) is 30.3 Å². The largest absolute Gasteiger partial charge is 0.493 e. The highest BCUT2D eigenvalue weighted by atomic mass is 35.5. The van der Waals surface area contributed by atoms with Gasteiger partial charge in [0, 0.05) is 5.56 Å². The van der Waals surface area contributed by atoms with E-state index in [4.69, 9.17) is 37.4 Å². The van der Waals surface area contributed by atoms with E-state index in [0.29, 0.717) is 32.9 Å². The zero-order chi connectivity index (χ0) is 18.6. The van der Waals surface area contributed by atoms with E-state index < -0.39 is 0 Å². The molecule has 0 fully saturated rings. The van der Waals surface area contributed by atoms with Crippen LogP contribution in [0.3, 0.4) is 0 Å². The SMILES string of the molecule is COc1cc(C(C)NC(=O)c2ccc(Cl)c(Cl)c2)cc(OC)c1OC. The summed E-state index contributed by atoms with van der Waals surface area (Å²) in [5, 5.41) is 3.63. The molecule has 1 atom stereocenters. The molecule has 1 unspecified atom stereocenters. The van der Waals surface area contributed by atoms with Crippen LogP contribution in [0.25, 0.3) is 0 Å². The summed E-state index contributed by atoms with van der Waals surface area (Å²) >= 11 is 11.8. The van der Waals surface area contributed by atoms with Crippen molar-refractivity contribution >= 4 is 29.1 Å². The van der Waals surface area contributed by atoms with Gasteiger partial charge in [0.1, 0.15) is 0 Å². The molecule has 2 rings (SSSR count).